The van der Waals surface area contributed by atoms with Crippen LogP contribution in [0.5, 0.6) is 11.5 Å². The lowest BCUT2D eigenvalue weighted by atomic mass is 10.0. The molecule has 0 radical (unpaired) electrons. The van der Waals surface area contributed by atoms with Crippen molar-refractivity contribution < 1.29 is 19.0 Å². The van der Waals surface area contributed by atoms with Crippen molar-refractivity contribution in [3.63, 3.8) is 0 Å². The number of aromatic amines is 1. The zero-order valence-corrected chi connectivity index (χ0v) is 19.4. The summed E-state index contributed by atoms with van der Waals surface area (Å²) in [6, 6.07) is 13.0. The van der Waals surface area contributed by atoms with Crippen LogP contribution in [-0.2, 0) is 4.79 Å². The van der Waals surface area contributed by atoms with Crippen LogP contribution in [0.2, 0.25) is 0 Å². The molecule has 5 rings (SSSR count). The number of hydrogen-bond acceptors (Lipinski definition) is 6. The van der Waals surface area contributed by atoms with E-state index in [2.05, 4.69) is 11.9 Å². The molecule has 0 unspecified atom stereocenters. The number of unbranched alkanes of at least 4 members (excludes halogenated alkanes) is 2. The number of fused-ring (bicyclic) bond motifs is 4. The molecule has 0 spiro atoms. The third-order valence-corrected chi connectivity index (χ3v) is 6.73. The van der Waals surface area contributed by atoms with Gasteiger partial charge in [0.25, 0.3) is 6.17 Å². The average molecular weight is 466 g/mol. The number of ether oxygens (including phenoxy) is 2. The molecule has 0 fully saturated rings. The number of benzene rings is 2. The zero-order chi connectivity index (χ0) is 22.9. The van der Waals surface area contributed by atoms with E-state index in [-0.39, 0.29) is 18.3 Å². The molecule has 2 aliphatic rings. The fraction of sp³-hybridized carbons (Fsp3) is 0.333. The van der Waals surface area contributed by atoms with Crippen LogP contribution in [-0.4, -0.2) is 28.5 Å². The Bertz CT molecular complexity index is 1280. The molecule has 9 heteroatoms. The Balaban J connectivity index is 1.69. The first-order valence-electron chi connectivity index (χ1n) is 11.1. The van der Waals surface area contributed by atoms with E-state index in [1.165, 1.54) is 18.7 Å². The van der Waals surface area contributed by atoms with Gasteiger partial charge in [-0.15, -0.1) is 0 Å². The number of anilines is 1. The maximum atomic E-state index is 13.3. The fourth-order valence-corrected chi connectivity index (χ4v) is 5.13. The number of amides is 1. The van der Waals surface area contributed by atoms with Crippen LogP contribution in [0.4, 0.5) is 5.69 Å². The van der Waals surface area contributed by atoms with Crippen molar-refractivity contribution in [2.45, 2.75) is 44.4 Å². The molecule has 0 saturated carbocycles. The second-order valence-electron chi connectivity index (χ2n) is 8.00. The summed E-state index contributed by atoms with van der Waals surface area (Å²) >= 11 is 1.52. The molecule has 3 aromatic rings. The number of nitrogens with one attached hydrogen (secondary N) is 1. The molecule has 2 aliphatic heterocycles. The van der Waals surface area contributed by atoms with Crippen LogP contribution < -0.4 is 24.6 Å². The van der Waals surface area contributed by atoms with Gasteiger partial charge in [-0.2, -0.15) is 0 Å². The predicted molar refractivity (Wildman–Crippen MR) is 125 cm³/mol. The highest BCUT2D eigenvalue weighted by atomic mass is 32.2. The smallest absolute Gasteiger partial charge is 0.325 e. The highest BCUT2D eigenvalue weighted by Crippen LogP contribution is 2.40. The Kier molecular flexibility index (Phi) is 5.80. The van der Waals surface area contributed by atoms with Crippen LogP contribution >= 0.6 is 11.8 Å². The lowest BCUT2D eigenvalue weighted by Gasteiger charge is -2.31. The molecule has 1 aromatic heterocycles. The monoisotopic (exact) mass is 465 g/mol. The number of H-pyrrole nitrogens is 1. The first-order chi connectivity index (χ1) is 16.1. The molecule has 0 bridgehead atoms. The number of thioether (sulfide) groups is 1. The highest BCUT2D eigenvalue weighted by Gasteiger charge is 2.45. The predicted octanol–water partition coefficient (Wildman–Crippen LogP) is 3.65. The van der Waals surface area contributed by atoms with Gasteiger partial charge in [-0.3, -0.25) is 14.6 Å². The summed E-state index contributed by atoms with van der Waals surface area (Å²) < 4.78 is 12.7. The summed E-state index contributed by atoms with van der Waals surface area (Å²) in [6.07, 6.45) is 2.65. The number of aromatic nitrogens is 3. The van der Waals surface area contributed by atoms with Gasteiger partial charge < -0.3 is 9.47 Å². The Labute approximate surface area is 195 Å². The molecular formula is C24H25N4O4S+. The highest BCUT2D eigenvalue weighted by molar-refractivity contribution is 7.99. The molecule has 1 amide bonds. The van der Waals surface area contributed by atoms with Crippen molar-refractivity contribution in [2.24, 2.45) is 0 Å². The van der Waals surface area contributed by atoms with Crippen LogP contribution in [0, 0.1) is 0 Å². The standard InChI is InChI=1S/C24H24N4O4S/c1-3-4-7-12-33-24-25-22(30)21-17-8-5-6-9-18(17)27(15(2)29)23(28(21)26-24)16-10-11-19-20(13-16)32-14-31-19/h5-6,8-11,13,23H,3-4,7,12,14H2,1-2H3/p+1/t23-/m0/s1. The number of rotatable bonds is 6. The van der Waals surface area contributed by atoms with Crippen LogP contribution in [0.15, 0.2) is 52.4 Å². The van der Waals surface area contributed by atoms with Crippen molar-refractivity contribution in [3.05, 3.63) is 58.4 Å². The van der Waals surface area contributed by atoms with Crippen molar-refractivity contribution in [2.75, 3.05) is 17.4 Å². The quantitative estimate of drug-likeness (QED) is 0.340. The zero-order valence-electron chi connectivity index (χ0n) is 18.5. The summed E-state index contributed by atoms with van der Waals surface area (Å²) in [7, 11) is 0. The van der Waals surface area contributed by atoms with E-state index < -0.39 is 6.17 Å². The van der Waals surface area contributed by atoms with E-state index in [9.17, 15) is 9.59 Å². The minimum atomic E-state index is -0.640. The van der Waals surface area contributed by atoms with Crippen LogP contribution in [0.3, 0.4) is 0 Å². The van der Waals surface area contributed by atoms with Gasteiger partial charge in [0.15, 0.2) is 11.5 Å². The molecule has 0 saturated heterocycles. The van der Waals surface area contributed by atoms with Gasteiger partial charge in [0.2, 0.25) is 17.9 Å². The van der Waals surface area contributed by atoms with E-state index in [1.807, 2.05) is 42.5 Å². The van der Waals surface area contributed by atoms with Crippen molar-refractivity contribution in [3.8, 4) is 22.8 Å². The van der Waals surface area contributed by atoms with E-state index in [0.717, 1.165) is 30.6 Å². The number of carbonyl (C=O) groups excluding carboxylic acids is 1. The molecule has 2 aromatic carbocycles. The Morgan fingerprint density at radius 1 is 1.21 bits per heavy atom. The molecular weight excluding hydrogens is 440 g/mol. The minimum absolute atomic E-state index is 0.150. The van der Waals surface area contributed by atoms with Gasteiger partial charge >= 0.3 is 11.3 Å². The summed E-state index contributed by atoms with van der Waals surface area (Å²) in [4.78, 5) is 30.9. The number of hydrogen-bond donors (Lipinski definition) is 1. The third-order valence-electron chi connectivity index (χ3n) is 5.78. The second kappa shape index (κ2) is 8.90. The molecule has 170 valence electrons. The molecule has 33 heavy (non-hydrogen) atoms. The third kappa shape index (κ3) is 3.86. The van der Waals surface area contributed by atoms with Gasteiger partial charge in [-0.25, -0.2) is 4.90 Å². The molecule has 0 aliphatic carbocycles. The largest absolute Gasteiger partial charge is 0.454 e. The van der Waals surface area contributed by atoms with E-state index >= 15 is 0 Å². The first-order valence-corrected chi connectivity index (χ1v) is 12.0. The van der Waals surface area contributed by atoms with Gasteiger partial charge in [-0.1, -0.05) is 43.7 Å². The molecule has 1 N–H and O–H groups in total. The topological polar surface area (TPSA) is 88.4 Å². The summed E-state index contributed by atoms with van der Waals surface area (Å²) in [5.41, 5.74) is 2.30. The van der Waals surface area contributed by atoms with Crippen molar-refractivity contribution in [1.82, 2.24) is 10.1 Å². The summed E-state index contributed by atoms with van der Waals surface area (Å²) in [5, 5.41) is 5.35. The molecule has 8 nitrogen and oxygen atoms in total. The average Bonchev–Trinajstić information content (AvgIpc) is 3.28. The second-order valence-corrected chi connectivity index (χ2v) is 9.08. The van der Waals surface area contributed by atoms with E-state index in [1.54, 1.807) is 9.58 Å². The normalized spacial score (nSPS) is 15.8. The van der Waals surface area contributed by atoms with Crippen LogP contribution in [0.1, 0.15) is 44.8 Å². The maximum absolute atomic E-state index is 13.3. The fourth-order valence-electron chi connectivity index (χ4n) is 4.27. The van der Waals surface area contributed by atoms with Gasteiger partial charge in [0.05, 0.1) is 11.3 Å². The van der Waals surface area contributed by atoms with Gasteiger partial charge in [0, 0.05) is 23.3 Å². The SMILES string of the molecule is CCCCCSc1n[n+]2c(c(=O)[nH]1)-c1ccccc1N(C(C)=O)[C@@H]2c1ccc2c(c1)OCO2. The van der Waals surface area contributed by atoms with Gasteiger partial charge in [0.1, 0.15) is 0 Å². The minimum Gasteiger partial charge on any atom is -0.454 e. The number of nitrogens with zero attached hydrogens (tertiary/aromatic N) is 3. The number of carbonyl (C=O) groups is 1. The van der Waals surface area contributed by atoms with Crippen LogP contribution in [0.25, 0.3) is 11.3 Å². The Morgan fingerprint density at radius 3 is 2.85 bits per heavy atom. The Hall–Kier alpha value is -3.33. The lowest BCUT2D eigenvalue weighted by Crippen LogP contribution is -2.60. The lowest BCUT2D eigenvalue weighted by molar-refractivity contribution is -0.763. The van der Waals surface area contributed by atoms with E-state index in [0.29, 0.717) is 33.6 Å². The first kappa shape index (κ1) is 21.5. The van der Waals surface area contributed by atoms with E-state index in [4.69, 9.17) is 14.6 Å². The van der Waals surface area contributed by atoms with Gasteiger partial charge in [-0.05, 0) is 41.4 Å². The molecule has 1 atom stereocenters. The summed E-state index contributed by atoms with van der Waals surface area (Å²) in [6.45, 7) is 3.84. The molecule has 3 heterocycles. The maximum Gasteiger partial charge on any atom is 0.325 e. The number of para-hydroxylation sites is 1. The Morgan fingerprint density at radius 2 is 2.03 bits per heavy atom. The summed E-state index contributed by atoms with van der Waals surface area (Å²) in [5.74, 6) is 1.97. The van der Waals surface area contributed by atoms with Crippen molar-refractivity contribution in [1.29, 1.82) is 0 Å². The van der Waals surface area contributed by atoms with Crippen molar-refractivity contribution >= 4 is 23.4 Å².